The summed E-state index contributed by atoms with van der Waals surface area (Å²) in [5.41, 5.74) is 8.47. The minimum absolute atomic E-state index is 0.0328. The molecule has 6 aromatic rings. The summed E-state index contributed by atoms with van der Waals surface area (Å²) in [5, 5.41) is 5.10. The Morgan fingerprint density at radius 2 is 1.66 bits per heavy atom. The maximum absolute atomic E-state index is 6.25. The van der Waals surface area contributed by atoms with Crippen LogP contribution < -0.4 is 0 Å². The second-order valence-corrected chi connectivity index (χ2v) is 13.1. The molecule has 0 aliphatic heterocycles. The summed E-state index contributed by atoms with van der Waals surface area (Å²) in [7, 11) is 0. The van der Waals surface area contributed by atoms with E-state index in [0.717, 1.165) is 23.5 Å². The molecule has 0 saturated heterocycles. The monoisotopic (exact) mass is 517 g/mol. The third kappa shape index (κ3) is 4.14. The van der Waals surface area contributed by atoms with Crippen molar-refractivity contribution in [1.29, 1.82) is 0 Å². The van der Waals surface area contributed by atoms with Crippen molar-refractivity contribution in [1.82, 2.24) is 4.98 Å². The van der Waals surface area contributed by atoms with E-state index in [1.165, 1.54) is 58.9 Å². The molecule has 0 spiro atoms. The van der Waals surface area contributed by atoms with Crippen LogP contribution in [0.3, 0.4) is 0 Å². The first-order valence-corrected chi connectivity index (χ1v) is 14.4. The number of thiophene rings is 1. The average molecular weight is 518 g/mol. The number of hydrogen-bond acceptors (Lipinski definition) is 3. The quantitative estimate of drug-likeness (QED) is 0.232. The number of nitrogens with zero attached hydrogens (tertiary/aromatic N) is 1. The van der Waals surface area contributed by atoms with Crippen LogP contribution in [-0.4, -0.2) is 4.98 Å². The Bertz CT molecular complexity index is 1830. The predicted octanol–water partition coefficient (Wildman–Crippen LogP) is 10.6. The zero-order chi connectivity index (χ0) is 26.8. The standard InChI is InChI=1S/C35H35NOS/c1-20(2)16-29-22(4)37-31-19-24(12-13-28(29)31)33-21(3)26-14-15-36-32(34(26)38-33)25-17-23-10-8-9-11-27(23)30(18-25)35(5,6)7/h8-15,17-20H,16H2,1-7H3. The molecule has 0 bridgehead atoms. The van der Waals surface area contributed by atoms with Gasteiger partial charge in [0.15, 0.2) is 0 Å². The first-order chi connectivity index (χ1) is 18.1. The second-order valence-electron chi connectivity index (χ2n) is 12.0. The smallest absolute Gasteiger partial charge is 0.135 e. The maximum Gasteiger partial charge on any atom is 0.135 e. The zero-order valence-corrected chi connectivity index (χ0v) is 24.2. The zero-order valence-electron chi connectivity index (χ0n) is 23.4. The number of rotatable bonds is 4. The number of benzene rings is 3. The molecule has 3 heterocycles. The van der Waals surface area contributed by atoms with E-state index < -0.39 is 0 Å². The van der Waals surface area contributed by atoms with E-state index in [1.807, 2.05) is 17.5 Å². The molecule has 0 fully saturated rings. The molecule has 0 saturated carbocycles. The summed E-state index contributed by atoms with van der Waals surface area (Å²) in [6, 6.07) is 22.3. The molecule has 0 N–H and O–H groups in total. The van der Waals surface area contributed by atoms with Gasteiger partial charge in [-0.05, 0) is 88.7 Å². The molecule has 3 aromatic carbocycles. The van der Waals surface area contributed by atoms with Gasteiger partial charge in [-0.15, -0.1) is 11.3 Å². The minimum atomic E-state index is 0.0328. The second kappa shape index (κ2) is 9.10. The van der Waals surface area contributed by atoms with Gasteiger partial charge >= 0.3 is 0 Å². The molecular formula is C35H35NOS. The van der Waals surface area contributed by atoms with Crippen LogP contribution in [0.2, 0.25) is 0 Å². The van der Waals surface area contributed by atoms with Crippen molar-refractivity contribution in [3.05, 3.63) is 89.3 Å². The fourth-order valence-corrected chi connectivity index (χ4v) is 7.08. The number of hydrogen-bond donors (Lipinski definition) is 0. The molecule has 38 heavy (non-hydrogen) atoms. The van der Waals surface area contributed by atoms with Crippen LogP contribution in [0.25, 0.3) is 53.5 Å². The van der Waals surface area contributed by atoms with Gasteiger partial charge in [-0.3, -0.25) is 4.98 Å². The molecule has 6 rings (SSSR count). The highest BCUT2D eigenvalue weighted by Gasteiger charge is 2.21. The molecular weight excluding hydrogens is 482 g/mol. The molecule has 192 valence electrons. The first-order valence-electron chi connectivity index (χ1n) is 13.6. The van der Waals surface area contributed by atoms with E-state index in [-0.39, 0.29) is 5.41 Å². The lowest BCUT2D eigenvalue weighted by Gasteiger charge is -2.22. The van der Waals surface area contributed by atoms with Crippen LogP contribution in [0.5, 0.6) is 0 Å². The molecule has 3 aromatic heterocycles. The van der Waals surface area contributed by atoms with Crippen molar-refractivity contribution < 1.29 is 4.42 Å². The Balaban J connectivity index is 1.53. The SMILES string of the molecule is Cc1oc2cc(-c3sc4c(-c5cc(C(C)(C)C)c6ccccc6c5)nccc4c3C)ccc2c1CC(C)C. The molecule has 3 heteroatoms. The van der Waals surface area contributed by atoms with Gasteiger partial charge in [0, 0.05) is 27.6 Å². The first kappa shape index (κ1) is 24.9. The summed E-state index contributed by atoms with van der Waals surface area (Å²) in [4.78, 5) is 6.22. The lowest BCUT2D eigenvalue weighted by Crippen LogP contribution is -2.12. The van der Waals surface area contributed by atoms with Gasteiger partial charge in [0.2, 0.25) is 0 Å². The van der Waals surface area contributed by atoms with E-state index in [9.17, 15) is 0 Å². The van der Waals surface area contributed by atoms with Gasteiger partial charge in [0.05, 0.1) is 10.4 Å². The van der Waals surface area contributed by atoms with Crippen molar-refractivity contribution in [3.8, 4) is 21.7 Å². The largest absolute Gasteiger partial charge is 0.461 e. The molecule has 2 nitrogen and oxygen atoms in total. The normalized spacial score (nSPS) is 12.4. The van der Waals surface area contributed by atoms with Gasteiger partial charge in [0.25, 0.3) is 0 Å². The van der Waals surface area contributed by atoms with Crippen LogP contribution in [0, 0.1) is 19.8 Å². The molecule has 0 amide bonds. The summed E-state index contributed by atoms with van der Waals surface area (Å²) in [6.07, 6.45) is 3.00. The van der Waals surface area contributed by atoms with Crippen LogP contribution in [-0.2, 0) is 11.8 Å². The Labute approximate surface area is 229 Å². The number of fused-ring (bicyclic) bond motifs is 3. The Morgan fingerprint density at radius 3 is 2.42 bits per heavy atom. The Hall–Kier alpha value is -3.43. The lowest BCUT2D eigenvalue weighted by molar-refractivity contribution is 0.560. The van der Waals surface area contributed by atoms with Gasteiger partial charge in [-0.1, -0.05) is 71.0 Å². The molecule has 0 radical (unpaired) electrons. The fourth-order valence-electron chi connectivity index (χ4n) is 5.77. The van der Waals surface area contributed by atoms with Crippen molar-refractivity contribution in [2.45, 2.75) is 60.3 Å². The van der Waals surface area contributed by atoms with E-state index in [0.29, 0.717) is 5.92 Å². The third-order valence-electron chi connectivity index (χ3n) is 7.67. The van der Waals surface area contributed by atoms with E-state index >= 15 is 0 Å². The van der Waals surface area contributed by atoms with E-state index in [1.54, 1.807) is 0 Å². The minimum Gasteiger partial charge on any atom is -0.461 e. The fraction of sp³-hybridized carbons (Fsp3) is 0.286. The maximum atomic E-state index is 6.25. The molecule has 0 aliphatic carbocycles. The highest BCUT2D eigenvalue weighted by molar-refractivity contribution is 7.23. The van der Waals surface area contributed by atoms with Crippen molar-refractivity contribution in [2.24, 2.45) is 5.92 Å². The van der Waals surface area contributed by atoms with Crippen molar-refractivity contribution >= 4 is 43.2 Å². The lowest BCUT2D eigenvalue weighted by atomic mass is 9.82. The molecule has 0 aliphatic rings. The van der Waals surface area contributed by atoms with Gasteiger partial charge in [0.1, 0.15) is 11.3 Å². The highest BCUT2D eigenvalue weighted by atomic mass is 32.1. The number of aromatic nitrogens is 1. The summed E-state index contributed by atoms with van der Waals surface area (Å²) in [6.45, 7) is 15.7. The third-order valence-corrected chi connectivity index (χ3v) is 9.03. The predicted molar refractivity (Wildman–Crippen MR) is 164 cm³/mol. The molecule has 0 unspecified atom stereocenters. The van der Waals surface area contributed by atoms with Crippen LogP contribution in [0.4, 0.5) is 0 Å². The number of pyridine rings is 1. The van der Waals surface area contributed by atoms with Crippen LogP contribution in [0.15, 0.2) is 71.3 Å². The highest BCUT2D eigenvalue weighted by Crippen LogP contribution is 2.44. The van der Waals surface area contributed by atoms with E-state index in [2.05, 4.69) is 109 Å². The molecule has 0 atom stereocenters. The number of aryl methyl sites for hydroxylation is 2. The Morgan fingerprint density at radius 1 is 0.868 bits per heavy atom. The van der Waals surface area contributed by atoms with E-state index in [4.69, 9.17) is 9.40 Å². The van der Waals surface area contributed by atoms with Gasteiger partial charge in [-0.2, -0.15) is 0 Å². The van der Waals surface area contributed by atoms with Crippen LogP contribution in [0.1, 0.15) is 57.1 Å². The topological polar surface area (TPSA) is 26.0 Å². The van der Waals surface area contributed by atoms with Gasteiger partial charge in [-0.25, -0.2) is 0 Å². The Kier molecular flexibility index (Phi) is 5.96. The average Bonchev–Trinajstić information content (AvgIpc) is 3.38. The summed E-state index contributed by atoms with van der Waals surface area (Å²) < 4.78 is 7.49. The van der Waals surface area contributed by atoms with Crippen molar-refractivity contribution in [3.63, 3.8) is 0 Å². The van der Waals surface area contributed by atoms with Gasteiger partial charge < -0.3 is 4.42 Å². The number of furan rings is 1. The van der Waals surface area contributed by atoms with Crippen LogP contribution >= 0.6 is 11.3 Å². The summed E-state index contributed by atoms with van der Waals surface area (Å²) >= 11 is 1.84. The van der Waals surface area contributed by atoms with Crippen molar-refractivity contribution in [2.75, 3.05) is 0 Å². The summed E-state index contributed by atoms with van der Waals surface area (Å²) in [5.74, 6) is 1.63.